The first-order chi connectivity index (χ1) is 9.17. The fourth-order valence-electron chi connectivity index (χ4n) is 1.84. The minimum absolute atomic E-state index is 0.166. The summed E-state index contributed by atoms with van der Waals surface area (Å²) in [5, 5.41) is 6.93. The van der Waals surface area contributed by atoms with E-state index in [-0.39, 0.29) is 5.91 Å². The van der Waals surface area contributed by atoms with Crippen LogP contribution in [0.15, 0.2) is 10.8 Å². The molecule has 0 saturated heterocycles. The van der Waals surface area contributed by atoms with Gasteiger partial charge < -0.3 is 5.32 Å². The number of nitrogens with one attached hydrogen (secondary N) is 1. The molecule has 1 heterocycles. The summed E-state index contributed by atoms with van der Waals surface area (Å²) in [4.78, 5) is 11.7. The molecule has 0 aromatic carbocycles. The summed E-state index contributed by atoms with van der Waals surface area (Å²) in [6, 6.07) is 0. The van der Waals surface area contributed by atoms with Gasteiger partial charge in [-0.3, -0.25) is 4.79 Å². The molecule has 1 aromatic heterocycles. The van der Waals surface area contributed by atoms with Crippen LogP contribution in [0.2, 0.25) is 0 Å². The zero-order valence-electron chi connectivity index (χ0n) is 12.1. The Morgan fingerprint density at radius 3 is 2.79 bits per heavy atom. The predicted octanol–water partition coefficient (Wildman–Crippen LogP) is 3.74. The molecule has 0 aliphatic carbocycles. The van der Waals surface area contributed by atoms with Gasteiger partial charge in [0.1, 0.15) is 0 Å². The largest absolute Gasteiger partial charge is 0.345 e. The van der Waals surface area contributed by atoms with E-state index < -0.39 is 0 Å². The highest BCUT2D eigenvalue weighted by Crippen LogP contribution is 2.12. The van der Waals surface area contributed by atoms with Crippen molar-refractivity contribution in [1.29, 1.82) is 0 Å². The third kappa shape index (κ3) is 5.94. The molecule has 2 nitrogen and oxygen atoms in total. The molecule has 0 fully saturated rings. The van der Waals surface area contributed by atoms with E-state index in [1.54, 1.807) is 11.3 Å². The van der Waals surface area contributed by atoms with Crippen molar-refractivity contribution < 1.29 is 4.79 Å². The van der Waals surface area contributed by atoms with Gasteiger partial charge in [-0.15, -0.1) is 0 Å². The Labute approximate surface area is 120 Å². The summed E-state index contributed by atoms with van der Waals surface area (Å²) in [7, 11) is 0. The molecule has 104 valence electrons. The molecule has 0 spiro atoms. The van der Waals surface area contributed by atoms with Crippen LogP contribution in [0.4, 0.5) is 0 Å². The van der Waals surface area contributed by atoms with Crippen molar-refractivity contribution in [3.8, 4) is 11.8 Å². The van der Waals surface area contributed by atoms with Crippen molar-refractivity contribution in [2.75, 3.05) is 6.54 Å². The zero-order valence-corrected chi connectivity index (χ0v) is 12.9. The fourth-order valence-corrected chi connectivity index (χ4v) is 2.62. The third-order valence-electron chi connectivity index (χ3n) is 3.26. The maximum Gasteiger partial charge on any atom is 0.296 e. The number of hydrogen-bond donors (Lipinski definition) is 1. The number of rotatable bonds is 6. The number of carbonyl (C=O) groups is 1. The van der Waals surface area contributed by atoms with E-state index in [4.69, 9.17) is 0 Å². The quantitative estimate of drug-likeness (QED) is 0.789. The van der Waals surface area contributed by atoms with Crippen molar-refractivity contribution in [3.05, 3.63) is 21.9 Å². The molecular formula is C16H23NOS. The number of aryl methyl sites for hydroxylation is 1. The van der Waals surface area contributed by atoms with Crippen molar-refractivity contribution >= 4 is 17.2 Å². The lowest BCUT2D eigenvalue weighted by atomic mass is 9.99. The highest BCUT2D eigenvalue weighted by atomic mass is 32.1. The minimum Gasteiger partial charge on any atom is -0.345 e. The number of unbranched alkanes of at least 4 members (excludes halogenated alkanes) is 1. The average molecular weight is 277 g/mol. The van der Waals surface area contributed by atoms with Crippen molar-refractivity contribution in [2.45, 2.75) is 46.5 Å². The first-order valence-corrected chi connectivity index (χ1v) is 7.94. The predicted molar refractivity (Wildman–Crippen MR) is 82.2 cm³/mol. The van der Waals surface area contributed by atoms with E-state index in [9.17, 15) is 4.79 Å². The standard InChI is InChI=1S/C16H23NOS/c1-4-6-7-14(5-2)10-17-16(18)9-8-15-12-19-11-13(15)3/h11-12,14H,4-7,10H2,1-3H3,(H,17,18). The number of thiophene rings is 1. The van der Waals surface area contributed by atoms with Gasteiger partial charge in [0, 0.05) is 23.4 Å². The maximum absolute atomic E-state index is 11.7. The summed E-state index contributed by atoms with van der Waals surface area (Å²) in [6.45, 7) is 7.12. The van der Waals surface area contributed by atoms with Gasteiger partial charge in [-0.1, -0.05) is 39.0 Å². The molecule has 1 atom stereocenters. The Kier molecular flexibility index (Phi) is 7.28. The molecule has 0 saturated carbocycles. The lowest BCUT2D eigenvalue weighted by Gasteiger charge is -2.13. The van der Waals surface area contributed by atoms with E-state index in [1.807, 2.05) is 17.7 Å². The second kappa shape index (κ2) is 8.77. The van der Waals surface area contributed by atoms with E-state index in [1.165, 1.54) is 19.3 Å². The molecule has 3 heteroatoms. The Bertz CT molecular complexity index is 453. The van der Waals surface area contributed by atoms with Crippen LogP contribution in [0.3, 0.4) is 0 Å². The van der Waals surface area contributed by atoms with Crippen LogP contribution in [-0.2, 0) is 4.79 Å². The van der Waals surface area contributed by atoms with E-state index >= 15 is 0 Å². The average Bonchev–Trinajstić information content (AvgIpc) is 2.82. The number of amides is 1. The molecule has 0 aliphatic heterocycles. The van der Waals surface area contributed by atoms with Gasteiger partial charge >= 0.3 is 0 Å². The summed E-state index contributed by atoms with van der Waals surface area (Å²) >= 11 is 1.61. The van der Waals surface area contributed by atoms with Gasteiger partial charge in [-0.25, -0.2) is 0 Å². The van der Waals surface area contributed by atoms with Crippen molar-refractivity contribution in [2.24, 2.45) is 5.92 Å². The number of hydrogen-bond acceptors (Lipinski definition) is 2. The van der Waals surface area contributed by atoms with E-state index in [2.05, 4.69) is 31.0 Å². The molecule has 0 bridgehead atoms. The molecule has 1 aromatic rings. The molecule has 1 rings (SSSR count). The lowest BCUT2D eigenvalue weighted by molar-refractivity contribution is -0.115. The Morgan fingerprint density at radius 1 is 1.42 bits per heavy atom. The molecule has 1 unspecified atom stereocenters. The lowest BCUT2D eigenvalue weighted by Crippen LogP contribution is -2.27. The molecule has 1 amide bonds. The summed E-state index contributed by atoms with van der Waals surface area (Å²) < 4.78 is 0. The smallest absolute Gasteiger partial charge is 0.296 e. The summed E-state index contributed by atoms with van der Waals surface area (Å²) in [6.07, 6.45) is 4.73. The van der Waals surface area contributed by atoms with Crippen LogP contribution < -0.4 is 5.32 Å². The van der Waals surface area contributed by atoms with Gasteiger partial charge in [0.2, 0.25) is 0 Å². The highest BCUT2D eigenvalue weighted by molar-refractivity contribution is 7.08. The van der Waals surface area contributed by atoms with Gasteiger partial charge in [-0.05, 0) is 30.2 Å². The van der Waals surface area contributed by atoms with Crippen LogP contribution in [0.5, 0.6) is 0 Å². The van der Waals surface area contributed by atoms with Gasteiger partial charge in [0.05, 0.1) is 0 Å². The van der Waals surface area contributed by atoms with Crippen molar-refractivity contribution in [1.82, 2.24) is 5.32 Å². The second-order valence-electron chi connectivity index (χ2n) is 4.85. The highest BCUT2D eigenvalue weighted by Gasteiger charge is 2.06. The summed E-state index contributed by atoms with van der Waals surface area (Å²) in [5.74, 6) is 6.01. The van der Waals surface area contributed by atoms with Gasteiger partial charge in [-0.2, -0.15) is 11.3 Å². The van der Waals surface area contributed by atoms with Gasteiger partial charge in [0.25, 0.3) is 5.91 Å². The van der Waals surface area contributed by atoms with E-state index in [0.29, 0.717) is 5.92 Å². The van der Waals surface area contributed by atoms with Crippen LogP contribution in [-0.4, -0.2) is 12.5 Å². The normalized spacial score (nSPS) is 11.5. The van der Waals surface area contributed by atoms with E-state index in [0.717, 1.165) is 24.1 Å². The molecule has 0 radical (unpaired) electrons. The zero-order chi connectivity index (χ0) is 14.1. The van der Waals surface area contributed by atoms with Crippen molar-refractivity contribution in [3.63, 3.8) is 0 Å². The third-order valence-corrected chi connectivity index (χ3v) is 4.12. The molecule has 0 aliphatic rings. The molecule has 1 N–H and O–H groups in total. The fraction of sp³-hybridized carbons (Fsp3) is 0.562. The van der Waals surface area contributed by atoms with Gasteiger partial charge in [0.15, 0.2) is 0 Å². The topological polar surface area (TPSA) is 29.1 Å². The first-order valence-electron chi connectivity index (χ1n) is 7.00. The Hall–Kier alpha value is -1.27. The van der Waals surface area contributed by atoms with Crippen LogP contribution in [0, 0.1) is 24.7 Å². The first kappa shape index (κ1) is 15.8. The SMILES string of the molecule is CCCCC(CC)CNC(=O)C#Cc1cscc1C. The summed E-state index contributed by atoms with van der Waals surface area (Å²) in [5.41, 5.74) is 2.10. The monoisotopic (exact) mass is 277 g/mol. The molecule has 19 heavy (non-hydrogen) atoms. The Balaban J connectivity index is 2.39. The maximum atomic E-state index is 11.7. The van der Waals surface area contributed by atoms with Crippen LogP contribution in [0.25, 0.3) is 0 Å². The second-order valence-corrected chi connectivity index (χ2v) is 5.59. The van der Waals surface area contributed by atoms with Crippen LogP contribution in [0.1, 0.15) is 50.7 Å². The Morgan fingerprint density at radius 2 is 2.21 bits per heavy atom. The minimum atomic E-state index is -0.166. The van der Waals surface area contributed by atoms with Crippen LogP contribution >= 0.6 is 11.3 Å². The molecular weight excluding hydrogens is 254 g/mol. The number of carbonyl (C=O) groups excluding carboxylic acids is 1.